The first-order valence-corrected chi connectivity index (χ1v) is 13.1. The summed E-state index contributed by atoms with van der Waals surface area (Å²) in [6.07, 6.45) is 1.23. The Hall–Kier alpha value is -2.18. The van der Waals surface area contributed by atoms with Crippen molar-refractivity contribution in [2.75, 3.05) is 6.16 Å². The maximum atomic E-state index is 2.42. The van der Waals surface area contributed by atoms with Gasteiger partial charge in [0.1, 0.15) is 0 Å². The van der Waals surface area contributed by atoms with Crippen LogP contribution in [0, 0.1) is 0 Å². The Morgan fingerprint density at radius 3 is 2.08 bits per heavy atom. The summed E-state index contributed by atoms with van der Waals surface area (Å²) in [5.41, 5.74) is 5.46. The van der Waals surface area contributed by atoms with Crippen LogP contribution < -0.4 is 35.4 Å². The first kappa shape index (κ1) is 28.4. The quantitative estimate of drug-likeness (QED) is 0.174. The number of rotatable bonds is 2. The van der Waals surface area contributed by atoms with Crippen LogP contribution in [0.4, 0.5) is 0 Å². The van der Waals surface area contributed by atoms with Gasteiger partial charge in [0.15, 0.2) is 0 Å². The zero-order valence-corrected chi connectivity index (χ0v) is 23.9. The first-order chi connectivity index (χ1) is 16.3. The zero-order valence-electron chi connectivity index (χ0n) is 20.0. The molecule has 1 unspecified atom stereocenters. The largest absolute Gasteiger partial charge is 4.00 e. The minimum Gasteiger partial charge on any atom is -1.00 e. The van der Waals surface area contributed by atoms with Crippen molar-refractivity contribution in [3.63, 3.8) is 0 Å². The van der Waals surface area contributed by atoms with Crippen molar-refractivity contribution in [1.82, 2.24) is 0 Å². The summed E-state index contributed by atoms with van der Waals surface area (Å²) in [5.74, 6) is 0. The number of fused-ring (bicyclic) bond motifs is 4. The van der Waals surface area contributed by atoms with Crippen LogP contribution in [0.3, 0.4) is 0 Å². The van der Waals surface area contributed by atoms with Crippen LogP contribution in [-0.2, 0) is 21.7 Å². The van der Waals surface area contributed by atoms with E-state index in [9.17, 15) is 0 Å². The van der Waals surface area contributed by atoms with Gasteiger partial charge < -0.3 is 24.8 Å². The molecule has 1 aliphatic heterocycles. The Labute approximate surface area is 241 Å². The van der Waals surface area contributed by atoms with Gasteiger partial charge in [0.2, 0.25) is 0 Å². The van der Waals surface area contributed by atoms with Crippen LogP contribution in [0.2, 0.25) is 0 Å². The number of halogens is 2. The Kier molecular flexibility index (Phi) is 9.76. The molecule has 0 saturated carbocycles. The second kappa shape index (κ2) is 12.4. The number of benzene rings is 4. The van der Waals surface area contributed by atoms with Crippen molar-refractivity contribution in [3.05, 3.63) is 121 Å². The topological polar surface area (TPSA) is 0 Å². The molecule has 176 valence electrons. The van der Waals surface area contributed by atoms with Crippen molar-refractivity contribution >= 4 is 40.1 Å². The molecule has 0 N–H and O–H groups in total. The molecular formula is C32H25Cl2PTi. The molecule has 0 nitrogen and oxygen atoms in total. The van der Waals surface area contributed by atoms with E-state index in [1.54, 1.807) is 10.6 Å². The van der Waals surface area contributed by atoms with Gasteiger partial charge >= 0.3 is 21.7 Å². The van der Waals surface area contributed by atoms with Crippen LogP contribution in [0.15, 0.2) is 121 Å². The predicted octanol–water partition coefficient (Wildman–Crippen LogP) is 2.22. The molecule has 1 heterocycles. The van der Waals surface area contributed by atoms with Crippen LogP contribution >= 0.6 is 7.92 Å². The smallest absolute Gasteiger partial charge is 1.00 e. The van der Waals surface area contributed by atoms with E-state index in [0.717, 1.165) is 0 Å². The molecular weight excluding hydrogens is 534 g/mol. The van der Waals surface area contributed by atoms with Gasteiger partial charge in [-0.05, 0) is 22.6 Å². The normalized spacial score (nSPS) is 12.9. The van der Waals surface area contributed by atoms with Gasteiger partial charge in [-0.2, -0.15) is 18.2 Å². The molecule has 0 radical (unpaired) electrons. The molecule has 1 atom stereocenters. The van der Waals surface area contributed by atoms with E-state index >= 15 is 0 Å². The van der Waals surface area contributed by atoms with E-state index < -0.39 is 0 Å². The Morgan fingerprint density at radius 1 is 0.639 bits per heavy atom. The van der Waals surface area contributed by atoms with Crippen molar-refractivity contribution < 1.29 is 46.5 Å². The van der Waals surface area contributed by atoms with Crippen molar-refractivity contribution in [2.45, 2.75) is 6.92 Å². The van der Waals surface area contributed by atoms with Gasteiger partial charge in [0, 0.05) is 0 Å². The van der Waals surface area contributed by atoms with Gasteiger partial charge in [-0.15, -0.1) is 63.2 Å². The number of hydrogen-bond acceptors (Lipinski definition) is 0. The fourth-order valence-electron chi connectivity index (χ4n) is 5.07. The average Bonchev–Trinajstić information content (AvgIpc) is 3.50. The van der Waals surface area contributed by atoms with E-state index in [-0.39, 0.29) is 54.5 Å². The average molecular weight is 559 g/mol. The van der Waals surface area contributed by atoms with E-state index in [2.05, 4.69) is 128 Å². The summed E-state index contributed by atoms with van der Waals surface area (Å²) < 4.78 is 0. The minimum atomic E-state index is -0.170. The molecule has 36 heavy (non-hydrogen) atoms. The van der Waals surface area contributed by atoms with Gasteiger partial charge in [-0.3, -0.25) is 0 Å². The molecule has 6 aromatic carbocycles. The van der Waals surface area contributed by atoms with Crippen LogP contribution in [0.5, 0.6) is 0 Å². The van der Waals surface area contributed by atoms with Gasteiger partial charge in [0.25, 0.3) is 0 Å². The van der Waals surface area contributed by atoms with E-state index in [0.29, 0.717) is 0 Å². The Bertz CT molecular complexity index is 1570. The van der Waals surface area contributed by atoms with Gasteiger partial charge in [-0.25, -0.2) is 0 Å². The molecule has 0 saturated heterocycles. The summed E-state index contributed by atoms with van der Waals surface area (Å²) in [5, 5.41) is 8.57. The molecule has 0 aromatic heterocycles. The van der Waals surface area contributed by atoms with Crippen molar-refractivity contribution in [3.8, 4) is 22.3 Å². The van der Waals surface area contributed by atoms with Crippen molar-refractivity contribution in [1.29, 1.82) is 0 Å². The SMILES string of the molecule is CCP1c2cc3c(cccc3[cH-]2)-c2ccccc21.[Cl-].[Cl-].[Ti+4].c1ccc(-c2cccc3[cH-]ccc23)cc1. The third kappa shape index (κ3) is 5.12. The molecule has 7 rings (SSSR count). The fourth-order valence-corrected chi connectivity index (χ4v) is 7.39. The zero-order chi connectivity index (χ0) is 22.2. The van der Waals surface area contributed by atoms with Gasteiger partial charge in [0.05, 0.1) is 0 Å². The fraction of sp³-hybridized carbons (Fsp3) is 0.0625. The third-order valence-corrected chi connectivity index (χ3v) is 9.10. The second-order valence-electron chi connectivity index (χ2n) is 8.48. The Balaban J connectivity index is 0.000000188. The summed E-state index contributed by atoms with van der Waals surface area (Å²) in [7, 11) is -0.170. The third-order valence-electron chi connectivity index (χ3n) is 6.61. The molecule has 0 fully saturated rings. The monoisotopic (exact) mass is 558 g/mol. The van der Waals surface area contributed by atoms with Crippen LogP contribution in [0.25, 0.3) is 43.8 Å². The summed E-state index contributed by atoms with van der Waals surface area (Å²) in [6.45, 7) is 2.31. The van der Waals surface area contributed by atoms with Crippen LogP contribution in [0.1, 0.15) is 6.92 Å². The minimum absolute atomic E-state index is 0. The maximum Gasteiger partial charge on any atom is 4.00 e. The molecule has 0 spiro atoms. The summed E-state index contributed by atoms with van der Waals surface area (Å²) >= 11 is 0. The van der Waals surface area contributed by atoms with E-state index in [1.807, 2.05) is 0 Å². The van der Waals surface area contributed by atoms with Crippen LogP contribution in [-0.4, -0.2) is 6.16 Å². The summed E-state index contributed by atoms with van der Waals surface area (Å²) in [6, 6.07) is 43.8. The van der Waals surface area contributed by atoms with E-state index in [4.69, 9.17) is 0 Å². The molecule has 1 aliphatic rings. The predicted molar refractivity (Wildman–Crippen MR) is 147 cm³/mol. The molecule has 0 aliphatic carbocycles. The van der Waals surface area contributed by atoms with E-state index in [1.165, 1.54) is 50.0 Å². The summed E-state index contributed by atoms with van der Waals surface area (Å²) in [4.78, 5) is 0. The molecule has 2 bridgehead atoms. The maximum absolute atomic E-state index is 2.42. The first-order valence-electron chi connectivity index (χ1n) is 11.6. The second-order valence-corrected chi connectivity index (χ2v) is 11.0. The Morgan fingerprint density at radius 2 is 1.31 bits per heavy atom. The molecule has 6 aromatic rings. The number of hydrogen-bond donors (Lipinski definition) is 0. The molecule has 0 amide bonds. The standard InChI is InChI=1S/C17H14P.C15H11.2ClH.Ti/c1-2-18-13-10-12-6-5-8-14(16(12)11-13)15-7-3-4-9-17(15)18;1-2-6-12(7-3-1)14-10-4-8-13-9-5-11-15(13)14;;;/h3-11H,2H2,1H3;1-11H;2*1H;/q2*-1;;;+4/p-2. The molecule has 4 heteroatoms. The van der Waals surface area contributed by atoms with Gasteiger partial charge in [-0.1, -0.05) is 92.7 Å². The van der Waals surface area contributed by atoms with Crippen molar-refractivity contribution in [2.24, 2.45) is 0 Å².